The van der Waals surface area contributed by atoms with E-state index in [0.717, 1.165) is 19.4 Å². The minimum Gasteiger partial charge on any atom is -0.312 e. The minimum absolute atomic E-state index is 0.340. The molecule has 2 atom stereocenters. The molecule has 2 aliphatic heterocycles. The lowest BCUT2D eigenvalue weighted by molar-refractivity contribution is 0.339. The fraction of sp³-hybridized carbons (Fsp3) is 0.636. The smallest absolute Gasteiger partial charge is 0.253 e. The Kier molecular flexibility index (Phi) is 3.53. The maximum absolute atomic E-state index is 12.5. The Morgan fingerprint density at radius 1 is 1.44 bits per heavy atom. The molecule has 1 aromatic rings. The second kappa shape index (κ2) is 4.86. The lowest BCUT2D eigenvalue weighted by Gasteiger charge is -2.24. The fourth-order valence-electron chi connectivity index (χ4n) is 2.78. The molecular weight excluding hydrogens is 336 g/mol. The van der Waals surface area contributed by atoms with Crippen molar-refractivity contribution in [3.05, 3.63) is 15.9 Å². The molecule has 0 amide bonds. The lowest BCUT2D eigenvalue weighted by atomic mass is 9.94. The van der Waals surface area contributed by atoms with Gasteiger partial charge in [-0.15, -0.1) is 11.3 Å². The summed E-state index contributed by atoms with van der Waals surface area (Å²) >= 11 is 4.59. The third kappa shape index (κ3) is 2.16. The van der Waals surface area contributed by atoms with Gasteiger partial charge in [-0.1, -0.05) is 0 Å². The molecule has 18 heavy (non-hydrogen) atoms. The lowest BCUT2D eigenvalue weighted by Crippen LogP contribution is -2.41. The van der Waals surface area contributed by atoms with Crippen molar-refractivity contribution in [3.63, 3.8) is 0 Å². The van der Waals surface area contributed by atoms with Crippen molar-refractivity contribution in [2.45, 2.75) is 23.1 Å². The van der Waals surface area contributed by atoms with Gasteiger partial charge in [0.1, 0.15) is 4.21 Å². The summed E-state index contributed by atoms with van der Waals surface area (Å²) in [5, 5.41) is 5.23. The highest BCUT2D eigenvalue weighted by molar-refractivity contribution is 9.10. The first-order valence-electron chi connectivity index (χ1n) is 6.05. The molecule has 2 saturated heterocycles. The number of sulfonamides is 1. The molecule has 1 aromatic heterocycles. The molecule has 2 unspecified atom stereocenters. The Hall–Kier alpha value is 0.0500. The fourth-order valence-corrected chi connectivity index (χ4v) is 6.76. The van der Waals surface area contributed by atoms with Crippen LogP contribution in [0.5, 0.6) is 0 Å². The number of nitrogens with one attached hydrogen (secondary N) is 1. The van der Waals surface area contributed by atoms with Crippen LogP contribution in [0, 0.1) is 5.92 Å². The number of piperidine rings is 1. The summed E-state index contributed by atoms with van der Waals surface area (Å²) in [6, 6.07) is 2.13. The molecule has 3 rings (SSSR count). The van der Waals surface area contributed by atoms with Gasteiger partial charge in [0.25, 0.3) is 10.0 Å². The summed E-state index contributed by atoms with van der Waals surface area (Å²) < 4.78 is 27.8. The number of rotatable bonds is 2. The van der Waals surface area contributed by atoms with E-state index in [2.05, 4.69) is 21.2 Å². The van der Waals surface area contributed by atoms with Crippen LogP contribution >= 0.6 is 27.3 Å². The zero-order valence-electron chi connectivity index (χ0n) is 9.80. The second-order valence-electron chi connectivity index (χ2n) is 4.84. The van der Waals surface area contributed by atoms with Gasteiger partial charge in [0.15, 0.2) is 0 Å². The quantitative estimate of drug-likeness (QED) is 0.885. The van der Waals surface area contributed by atoms with E-state index in [0.29, 0.717) is 33.7 Å². The average molecular weight is 351 g/mol. The van der Waals surface area contributed by atoms with Crippen LogP contribution in [0.4, 0.5) is 0 Å². The summed E-state index contributed by atoms with van der Waals surface area (Å²) in [5.74, 6) is 0.479. The summed E-state index contributed by atoms with van der Waals surface area (Å²) in [7, 11) is -3.32. The van der Waals surface area contributed by atoms with Gasteiger partial charge in [0.2, 0.25) is 0 Å². The van der Waals surface area contributed by atoms with Crippen LogP contribution in [0.25, 0.3) is 0 Å². The average Bonchev–Trinajstić information content (AvgIpc) is 2.94. The first kappa shape index (κ1) is 13.1. The standard InChI is InChI=1S/C11H15BrN2O2S2/c12-9-3-5-17-11(9)18(15,16)14-6-8-2-1-4-13-10(8)7-14/h3,5,8,10,13H,1-2,4,6-7H2. The van der Waals surface area contributed by atoms with E-state index in [1.165, 1.54) is 11.3 Å². The number of thiophene rings is 1. The Labute approximate surface area is 120 Å². The number of hydrogen-bond donors (Lipinski definition) is 1. The molecule has 0 saturated carbocycles. The van der Waals surface area contributed by atoms with Crippen LogP contribution in [-0.2, 0) is 10.0 Å². The van der Waals surface area contributed by atoms with Crippen molar-refractivity contribution in [2.24, 2.45) is 5.92 Å². The zero-order chi connectivity index (χ0) is 12.8. The third-order valence-electron chi connectivity index (χ3n) is 3.72. The van der Waals surface area contributed by atoms with E-state index < -0.39 is 10.0 Å². The van der Waals surface area contributed by atoms with E-state index in [1.54, 1.807) is 15.8 Å². The van der Waals surface area contributed by atoms with E-state index in [9.17, 15) is 8.42 Å². The van der Waals surface area contributed by atoms with Crippen LogP contribution in [0.1, 0.15) is 12.8 Å². The van der Waals surface area contributed by atoms with E-state index in [-0.39, 0.29) is 0 Å². The molecule has 1 N–H and O–H groups in total. The molecule has 3 heterocycles. The summed E-state index contributed by atoms with van der Waals surface area (Å²) in [6.45, 7) is 2.28. The second-order valence-corrected chi connectivity index (χ2v) is 8.74. The van der Waals surface area contributed by atoms with Crippen molar-refractivity contribution in [3.8, 4) is 0 Å². The number of nitrogens with zero attached hydrogens (tertiary/aromatic N) is 1. The minimum atomic E-state index is -3.32. The molecule has 7 heteroatoms. The van der Waals surface area contributed by atoms with Crippen LogP contribution < -0.4 is 5.32 Å². The van der Waals surface area contributed by atoms with Gasteiger partial charge in [-0.2, -0.15) is 4.31 Å². The van der Waals surface area contributed by atoms with Crippen molar-refractivity contribution >= 4 is 37.3 Å². The molecule has 4 nitrogen and oxygen atoms in total. The maximum Gasteiger partial charge on any atom is 0.253 e. The molecule has 0 aromatic carbocycles. The van der Waals surface area contributed by atoms with Crippen LogP contribution in [0.15, 0.2) is 20.1 Å². The SMILES string of the molecule is O=S(=O)(c1sccc1Br)N1CC2CCCNC2C1. The maximum atomic E-state index is 12.5. The molecule has 0 radical (unpaired) electrons. The first-order valence-corrected chi connectivity index (χ1v) is 9.17. The Morgan fingerprint density at radius 2 is 2.28 bits per heavy atom. The first-order chi connectivity index (χ1) is 8.59. The van der Waals surface area contributed by atoms with Gasteiger partial charge in [-0.05, 0) is 52.7 Å². The molecule has 2 aliphatic rings. The summed E-state index contributed by atoms with van der Waals surface area (Å²) in [6.07, 6.45) is 2.28. The Morgan fingerprint density at radius 3 is 2.94 bits per heavy atom. The predicted octanol–water partition coefficient (Wildman–Crippen LogP) is 1.88. The number of fused-ring (bicyclic) bond motifs is 1. The van der Waals surface area contributed by atoms with Crippen LogP contribution in [0.2, 0.25) is 0 Å². The van der Waals surface area contributed by atoms with E-state index in [1.807, 2.05) is 0 Å². The molecule has 2 fully saturated rings. The topological polar surface area (TPSA) is 49.4 Å². The van der Waals surface area contributed by atoms with Crippen molar-refractivity contribution in [1.82, 2.24) is 9.62 Å². The monoisotopic (exact) mass is 350 g/mol. The van der Waals surface area contributed by atoms with Gasteiger partial charge in [-0.25, -0.2) is 8.42 Å². The summed E-state index contributed by atoms with van der Waals surface area (Å²) in [5.41, 5.74) is 0. The normalized spacial score (nSPS) is 29.4. The highest BCUT2D eigenvalue weighted by atomic mass is 79.9. The van der Waals surface area contributed by atoms with Gasteiger partial charge in [-0.3, -0.25) is 0 Å². The van der Waals surface area contributed by atoms with Crippen LogP contribution in [0.3, 0.4) is 0 Å². The van der Waals surface area contributed by atoms with Crippen LogP contribution in [-0.4, -0.2) is 38.4 Å². The highest BCUT2D eigenvalue weighted by Crippen LogP contribution is 2.34. The molecule has 100 valence electrons. The molecule has 0 aliphatic carbocycles. The largest absolute Gasteiger partial charge is 0.312 e. The van der Waals surface area contributed by atoms with Gasteiger partial charge >= 0.3 is 0 Å². The Bertz CT molecular complexity index is 529. The third-order valence-corrected chi connectivity index (χ3v) is 8.20. The number of hydrogen-bond acceptors (Lipinski definition) is 4. The summed E-state index contributed by atoms with van der Waals surface area (Å²) in [4.78, 5) is 0. The molecule has 0 spiro atoms. The van der Waals surface area contributed by atoms with Crippen molar-refractivity contribution in [1.29, 1.82) is 0 Å². The number of halogens is 1. The van der Waals surface area contributed by atoms with Gasteiger partial charge in [0.05, 0.1) is 0 Å². The predicted molar refractivity (Wildman–Crippen MR) is 75.3 cm³/mol. The molecule has 0 bridgehead atoms. The van der Waals surface area contributed by atoms with E-state index >= 15 is 0 Å². The van der Waals surface area contributed by atoms with Crippen molar-refractivity contribution < 1.29 is 8.42 Å². The van der Waals surface area contributed by atoms with Gasteiger partial charge in [0, 0.05) is 23.6 Å². The van der Waals surface area contributed by atoms with Crippen molar-refractivity contribution in [2.75, 3.05) is 19.6 Å². The highest BCUT2D eigenvalue weighted by Gasteiger charge is 2.41. The zero-order valence-corrected chi connectivity index (χ0v) is 13.0. The Balaban J connectivity index is 1.86. The molecular formula is C11H15BrN2O2S2. The van der Waals surface area contributed by atoms with E-state index in [4.69, 9.17) is 0 Å². The van der Waals surface area contributed by atoms with Gasteiger partial charge < -0.3 is 5.32 Å².